The Hall–Kier alpha value is -0.750. The van der Waals surface area contributed by atoms with Crippen LogP contribution in [0.3, 0.4) is 0 Å². The smallest absolute Gasteiger partial charge is 0.373 e. The van der Waals surface area contributed by atoms with Crippen LogP contribution in [0, 0.1) is 0 Å². The van der Waals surface area contributed by atoms with E-state index < -0.39 is 0 Å². The van der Waals surface area contributed by atoms with Crippen molar-refractivity contribution >= 4 is 5.94 Å². The molecule has 0 aromatic carbocycles. The first-order valence-electron chi connectivity index (χ1n) is 0.724. The van der Waals surface area contributed by atoms with Gasteiger partial charge in [-0.05, 0) is 0 Å². The molecule has 0 N–H and O–H groups in total. The minimum atomic E-state index is 1.62. The predicted molar refractivity (Wildman–Crippen MR) is 11.3 cm³/mol. The fraction of sp³-hybridized carbons (Fsp3) is 0. The Morgan fingerprint density at radius 1 is 2.00 bits per heavy atom. The molecule has 22 valence electrons. The van der Waals surface area contributed by atoms with Gasteiger partial charge in [0.05, 0.1) is 0 Å². The Morgan fingerprint density at radius 3 is 2.25 bits per heavy atom. The van der Waals surface area contributed by atoms with Crippen LogP contribution in [0.5, 0.6) is 0 Å². The molecule has 0 aromatic heterocycles. The Kier molecular flexibility index (Phi) is 1.83. The van der Waals surface area contributed by atoms with Gasteiger partial charge in [0, 0.05) is 6.58 Å². The molecule has 0 saturated carbocycles. The normalized spacial score (nSPS) is 4.00. The van der Waals surface area contributed by atoms with Crippen molar-refractivity contribution in [1.82, 2.24) is 0 Å². The molecule has 0 fully saturated rings. The molecule has 0 radical (unpaired) electrons. The molecule has 0 aliphatic heterocycles. The molecule has 0 aliphatic rings. The molecule has 0 rings (SSSR count). The number of hydrogen-bond acceptors (Lipinski definition) is 1. The predicted octanol–water partition coefficient (Wildman–Crippen LogP) is -1.19. The van der Waals surface area contributed by atoms with Crippen LogP contribution in [0.1, 0.15) is 0 Å². The monoisotopic (exact) mass is 58.0 g/mol. The van der Waals surface area contributed by atoms with E-state index in [1.165, 1.54) is 0 Å². The summed E-state index contributed by atoms with van der Waals surface area (Å²) in [7, 11) is 0. The molecule has 0 heterocycles. The van der Waals surface area contributed by atoms with Gasteiger partial charge in [-0.15, -0.1) is 4.58 Å². The molecular weight excluding hydrogens is 56.0 g/mol. The first-order chi connectivity index (χ1) is 1.91. The van der Waals surface area contributed by atoms with Crippen LogP contribution in [0.2, 0.25) is 0 Å². The van der Waals surface area contributed by atoms with E-state index in [1.54, 1.807) is 5.94 Å². The minimum Gasteiger partial charge on any atom is -0.450 e. The van der Waals surface area contributed by atoms with E-state index in [-0.39, 0.29) is 0 Å². The van der Waals surface area contributed by atoms with Crippen LogP contribution in [-0.2, 0) is 4.58 Å². The molecule has 2 nitrogen and oxygen atoms in total. The van der Waals surface area contributed by atoms with Crippen LogP contribution in [0.15, 0.2) is 6.58 Å². The average molecular weight is 58.0 g/mol. The molecule has 0 aliphatic carbocycles. The fourth-order valence-corrected chi connectivity index (χ4v) is 0. The summed E-state index contributed by atoms with van der Waals surface area (Å²) in [5.41, 5.74) is 0. The highest BCUT2D eigenvalue weighted by Gasteiger charge is 1.33. The van der Waals surface area contributed by atoms with E-state index in [0.717, 1.165) is 0 Å². The van der Waals surface area contributed by atoms with Crippen molar-refractivity contribution < 1.29 is 9.83 Å². The summed E-state index contributed by atoms with van der Waals surface area (Å²) in [5, 5.41) is 8.62. The SMILES string of the molecule is C=C=[O+][O-]. The van der Waals surface area contributed by atoms with Crippen molar-refractivity contribution in [2.75, 3.05) is 0 Å². The van der Waals surface area contributed by atoms with Crippen LogP contribution in [0.4, 0.5) is 0 Å². The van der Waals surface area contributed by atoms with Gasteiger partial charge in [0.2, 0.25) is 0 Å². The maximum absolute atomic E-state index is 8.62. The summed E-state index contributed by atoms with van der Waals surface area (Å²) in [4.78, 5) is 0. The zero-order valence-electron chi connectivity index (χ0n) is 2.02. The first kappa shape index (κ1) is 3.25. The van der Waals surface area contributed by atoms with Crippen LogP contribution in [-0.4, -0.2) is 5.94 Å². The van der Waals surface area contributed by atoms with E-state index >= 15 is 0 Å². The topological polar surface area (TPSA) is 34.4 Å². The molecule has 0 unspecified atom stereocenters. The standard InChI is InChI=1S/C2H2O2/c1-2-4-3/h1H2. The molecule has 0 atom stereocenters. The highest BCUT2D eigenvalue weighted by molar-refractivity contribution is 5.39. The van der Waals surface area contributed by atoms with Gasteiger partial charge >= 0.3 is 5.94 Å². The van der Waals surface area contributed by atoms with Crippen molar-refractivity contribution in [2.45, 2.75) is 0 Å². The lowest BCUT2D eigenvalue weighted by Crippen LogP contribution is -1.90. The van der Waals surface area contributed by atoms with Crippen molar-refractivity contribution in [2.24, 2.45) is 0 Å². The first-order valence-corrected chi connectivity index (χ1v) is 0.724. The third-order valence-electron chi connectivity index (χ3n) is 0.0589. The van der Waals surface area contributed by atoms with E-state index in [4.69, 9.17) is 5.26 Å². The largest absolute Gasteiger partial charge is 0.450 e. The van der Waals surface area contributed by atoms with E-state index in [9.17, 15) is 0 Å². The average Bonchev–Trinajstić information content (AvgIpc) is 1.37. The molecule has 0 amide bonds. The summed E-state index contributed by atoms with van der Waals surface area (Å²) in [5.74, 6) is 1.62. The molecule has 0 spiro atoms. The van der Waals surface area contributed by atoms with E-state index in [0.29, 0.717) is 0 Å². The molecule has 2 heteroatoms. The Bertz CT molecular complexity index is 42.0. The van der Waals surface area contributed by atoms with Crippen LogP contribution in [0.25, 0.3) is 0 Å². The summed E-state index contributed by atoms with van der Waals surface area (Å²) in [6.45, 7) is 2.82. The molecule has 0 aromatic rings. The van der Waals surface area contributed by atoms with Gasteiger partial charge in [-0.1, -0.05) is 0 Å². The van der Waals surface area contributed by atoms with Gasteiger partial charge in [-0.25, -0.2) is 0 Å². The number of carbonyl (C=O) groups excluding carboxylic acids is 1. The Balaban J connectivity index is 3.11. The summed E-state index contributed by atoms with van der Waals surface area (Å²) >= 11 is 0. The Morgan fingerprint density at radius 2 is 2.25 bits per heavy atom. The van der Waals surface area contributed by atoms with E-state index in [1.807, 2.05) is 0 Å². The van der Waals surface area contributed by atoms with Gasteiger partial charge in [-0.2, -0.15) is 0 Å². The molecular formula is C2H2O2. The highest BCUT2D eigenvalue weighted by atomic mass is 17.1. The summed E-state index contributed by atoms with van der Waals surface area (Å²) < 4.78 is 2.93. The van der Waals surface area contributed by atoms with Crippen molar-refractivity contribution in [3.05, 3.63) is 6.58 Å². The van der Waals surface area contributed by atoms with Crippen molar-refractivity contribution in [1.29, 1.82) is 0 Å². The van der Waals surface area contributed by atoms with Gasteiger partial charge in [0.15, 0.2) is 0 Å². The van der Waals surface area contributed by atoms with Gasteiger partial charge in [-0.3, -0.25) is 0 Å². The maximum Gasteiger partial charge on any atom is 0.373 e. The molecule has 0 bridgehead atoms. The molecule has 0 saturated heterocycles. The zero-order chi connectivity index (χ0) is 3.41. The van der Waals surface area contributed by atoms with E-state index in [2.05, 4.69) is 11.2 Å². The van der Waals surface area contributed by atoms with Gasteiger partial charge < -0.3 is 5.26 Å². The highest BCUT2D eigenvalue weighted by Crippen LogP contribution is 1.02. The second-order valence-corrected chi connectivity index (χ2v) is 0.228. The Labute approximate surface area is 23.6 Å². The second-order valence-electron chi connectivity index (χ2n) is 0.228. The lowest BCUT2D eigenvalue weighted by Gasteiger charge is -1.45. The van der Waals surface area contributed by atoms with Gasteiger partial charge in [0.1, 0.15) is 0 Å². The number of hydrogen-bond donors (Lipinski definition) is 0. The second kappa shape index (κ2) is 2.25. The van der Waals surface area contributed by atoms with Crippen LogP contribution < -0.4 is 5.26 Å². The zero-order valence-corrected chi connectivity index (χ0v) is 2.02. The maximum atomic E-state index is 8.62. The number of rotatable bonds is 0. The molecule has 4 heavy (non-hydrogen) atoms. The third-order valence-corrected chi connectivity index (χ3v) is 0.0589. The minimum absolute atomic E-state index is 1.62. The lowest BCUT2D eigenvalue weighted by molar-refractivity contribution is -0.745. The van der Waals surface area contributed by atoms with Crippen LogP contribution >= 0.6 is 0 Å². The third kappa shape index (κ3) is 1.25. The van der Waals surface area contributed by atoms with Crippen molar-refractivity contribution in [3.8, 4) is 0 Å². The van der Waals surface area contributed by atoms with Crippen molar-refractivity contribution in [3.63, 3.8) is 0 Å². The summed E-state index contributed by atoms with van der Waals surface area (Å²) in [6.07, 6.45) is 0. The fourth-order valence-electron chi connectivity index (χ4n) is 0. The summed E-state index contributed by atoms with van der Waals surface area (Å²) in [6, 6.07) is 0. The lowest BCUT2D eigenvalue weighted by atomic mass is 11.2. The van der Waals surface area contributed by atoms with Gasteiger partial charge in [0.25, 0.3) is 0 Å². The quantitative estimate of drug-likeness (QED) is 0.149.